The largest absolute Gasteiger partial charge is 0.411 e. The number of rotatable bonds is 7. The van der Waals surface area contributed by atoms with E-state index in [2.05, 4.69) is 15.2 Å². The Morgan fingerprint density at radius 3 is 3.05 bits per heavy atom. The molecule has 21 heavy (non-hydrogen) atoms. The van der Waals surface area contributed by atoms with E-state index in [1.54, 1.807) is 0 Å². The van der Waals surface area contributed by atoms with E-state index in [0.717, 1.165) is 16.5 Å². The Hall–Kier alpha value is -1.83. The van der Waals surface area contributed by atoms with Crippen LogP contribution in [0.4, 0.5) is 0 Å². The van der Waals surface area contributed by atoms with Crippen LogP contribution in [-0.4, -0.2) is 45.9 Å². The zero-order valence-electron chi connectivity index (χ0n) is 11.3. The first-order valence-electron chi connectivity index (χ1n) is 6.60. The molecule has 6 nitrogen and oxygen atoms in total. The minimum Gasteiger partial charge on any atom is -0.411 e. The van der Waals surface area contributed by atoms with Gasteiger partial charge >= 0.3 is 0 Å². The summed E-state index contributed by atoms with van der Waals surface area (Å²) < 4.78 is 10.8. The van der Waals surface area contributed by atoms with Gasteiger partial charge in [-0.05, 0) is 6.07 Å². The van der Waals surface area contributed by atoms with Crippen LogP contribution in [0.1, 0.15) is 0 Å². The molecule has 0 fully saturated rings. The molecule has 0 saturated heterocycles. The summed E-state index contributed by atoms with van der Waals surface area (Å²) in [4.78, 5) is 3.18. The fourth-order valence-corrected chi connectivity index (χ4v) is 2.59. The van der Waals surface area contributed by atoms with Crippen LogP contribution in [0.5, 0.6) is 0 Å². The summed E-state index contributed by atoms with van der Waals surface area (Å²) >= 11 is 1.44. The number of nitrogens with one attached hydrogen (secondary N) is 1. The third kappa shape index (κ3) is 3.26. The summed E-state index contributed by atoms with van der Waals surface area (Å²) in [6.45, 7) is 0.928. The van der Waals surface area contributed by atoms with E-state index < -0.39 is 0 Å². The average Bonchev–Trinajstić information content (AvgIpc) is 3.13. The van der Waals surface area contributed by atoms with E-state index in [1.807, 2.05) is 30.5 Å². The fourth-order valence-electron chi connectivity index (χ4n) is 1.98. The Balaban J connectivity index is 1.67. The zero-order valence-corrected chi connectivity index (χ0v) is 12.1. The number of fused-ring (bicyclic) bond motifs is 1. The Morgan fingerprint density at radius 1 is 1.24 bits per heavy atom. The summed E-state index contributed by atoms with van der Waals surface area (Å²) in [5.74, 6) is 1.21. The number of benzene rings is 1. The average molecular weight is 305 g/mol. The molecule has 1 aromatic carbocycles. The van der Waals surface area contributed by atoms with Gasteiger partial charge in [-0.3, -0.25) is 0 Å². The van der Waals surface area contributed by atoms with Crippen molar-refractivity contribution in [2.24, 2.45) is 0 Å². The third-order valence-corrected chi connectivity index (χ3v) is 3.70. The second-order valence-electron chi connectivity index (χ2n) is 4.31. The van der Waals surface area contributed by atoms with Crippen molar-refractivity contribution in [1.29, 1.82) is 0 Å². The van der Waals surface area contributed by atoms with Gasteiger partial charge in [-0.25, -0.2) is 0 Å². The van der Waals surface area contributed by atoms with E-state index >= 15 is 0 Å². The summed E-state index contributed by atoms with van der Waals surface area (Å²) in [6.07, 6.45) is 1.87. The lowest BCUT2D eigenvalue weighted by Crippen LogP contribution is -2.02. The van der Waals surface area contributed by atoms with Crippen molar-refractivity contribution < 1.29 is 14.3 Å². The maximum absolute atomic E-state index is 8.60. The van der Waals surface area contributed by atoms with E-state index in [0.29, 0.717) is 30.1 Å². The number of aliphatic hydroxyl groups is 1. The standard InChI is InChI=1S/C14H15N3O3S/c18-5-6-19-7-8-21-14-17-16-13(20-14)11-9-15-12-4-2-1-3-10(11)12/h1-4,9,15,18H,5-8H2. The van der Waals surface area contributed by atoms with E-state index in [1.165, 1.54) is 11.8 Å². The highest BCUT2D eigenvalue weighted by molar-refractivity contribution is 7.99. The summed E-state index contributed by atoms with van der Waals surface area (Å²) in [7, 11) is 0. The summed E-state index contributed by atoms with van der Waals surface area (Å²) in [5.41, 5.74) is 1.94. The summed E-state index contributed by atoms with van der Waals surface area (Å²) in [5, 5.41) is 18.3. The van der Waals surface area contributed by atoms with Crippen molar-refractivity contribution in [1.82, 2.24) is 15.2 Å². The molecule has 0 spiro atoms. The molecule has 2 N–H and O–H groups in total. The smallest absolute Gasteiger partial charge is 0.276 e. The molecule has 2 heterocycles. The Morgan fingerprint density at radius 2 is 2.14 bits per heavy atom. The molecule has 0 aliphatic heterocycles. The first-order valence-corrected chi connectivity index (χ1v) is 7.58. The molecule has 0 radical (unpaired) electrons. The molecule has 3 rings (SSSR count). The van der Waals surface area contributed by atoms with Gasteiger partial charge in [-0.1, -0.05) is 30.0 Å². The number of thioether (sulfide) groups is 1. The number of para-hydroxylation sites is 1. The minimum atomic E-state index is 0.0376. The molecular formula is C14H15N3O3S. The number of aliphatic hydroxyl groups excluding tert-OH is 1. The first kappa shape index (κ1) is 14.1. The monoisotopic (exact) mass is 305 g/mol. The van der Waals surface area contributed by atoms with Crippen LogP contribution in [0.25, 0.3) is 22.4 Å². The quantitative estimate of drug-likeness (QED) is 0.515. The molecule has 0 aliphatic rings. The molecule has 0 atom stereocenters. The van der Waals surface area contributed by atoms with E-state index in [4.69, 9.17) is 14.3 Å². The van der Waals surface area contributed by atoms with Gasteiger partial charge in [-0.15, -0.1) is 10.2 Å². The Bertz CT molecular complexity index is 710. The van der Waals surface area contributed by atoms with Crippen LogP contribution in [0.3, 0.4) is 0 Å². The Labute approximate surface area is 125 Å². The van der Waals surface area contributed by atoms with Crippen LogP contribution in [-0.2, 0) is 4.74 Å². The van der Waals surface area contributed by atoms with Crippen molar-refractivity contribution >= 4 is 22.7 Å². The molecule has 3 aromatic rings. The molecule has 0 aliphatic carbocycles. The highest BCUT2D eigenvalue weighted by Gasteiger charge is 2.13. The van der Waals surface area contributed by atoms with Crippen LogP contribution >= 0.6 is 11.8 Å². The van der Waals surface area contributed by atoms with Gasteiger partial charge in [0.05, 0.1) is 25.4 Å². The predicted molar refractivity (Wildman–Crippen MR) is 80.2 cm³/mol. The number of H-pyrrole nitrogens is 1. The van der Waals surface area contributed by atoms with Gasteiger partial charge in [0.25, 0.3) is 11.1 Å². The van der Waals surface area contributed by atoms with E-state index in [-0.39, 0.29) is 6.61 Å². The van der Waals surface area contributed by atoms with Crippen LogP contribution in [0.2, 0.25) is 0 Å². The third-order valence-electron chi connectivity index (χ3n) is 2.91. The fraction of sp³-hybridized carbons (Fsp3) is 0.286. The highest BCUT2D eigenvalue weighted by Crippen LogP contribution is 2.29. The lowest BCUT2D eigenvalue weighted by Gasteiger charge is -1.98. The molecule has 0 amide bonds. The molecule has 2 aromatic heterocycles. The number of aromatic nitrogens is 3. The van der Waals surface area contributed by atoms with Crippen LogP contribution < -0.4 is 0 Å². The number of hydrogen-bond acceptors (Lipinski definition) is 6. The molecule has 110 valence electrons. The van der Waals surface area contributed by atoms with Gasteiger partial charge in [0, 0.05) is 22.9 Å². The Kier molecular flexibility index (Phi) is 4.54. The molecule has 0 saturated carbocycles. The van der Waals surface area contributed by atoms with Gasteiger partial charge in [0.2, 0.25) is 0 Å². The number of aromatic amines is 1. The molecule has 7 heteroatoms. The number of ether oxygens (including phenoxy) is 1. The van der Waals surface area contributed by atoms with Gasteiger partial charge in [0.15, 0.2) is 0 Å². The van der Waals surface area contributed by atoms with Crippen molar-refractivity contribution in [3.8, 4) is 11.5 Å². The number of nitrogens with zero attached hydrogens (tertiary/aromatic N) is 2. The SMILES string of the molecule is OCCOCCSc1nnc(-c2c[nH]c3ccccc23)o1. The second-order valence-corrected chi connectivity index (χ2v) is 5.35. The topological polar surface area (TPSA) is 84.2 Å². The van der Waals surface area contributed by atoms with Crippen molar-refractivity contribution in [2.75, 3.05) is 25.6 Å². The molecule has 0 unspecified atom stereocenters. The lowest BCUT2D eigenvalue weighted by molar-refractivity contribution is 0.103. The zero-order chi connectivity index (χ0) is 14.5. The second kappa shape index (κ2) is 6.75. The maximum Gasteiger partial charge on any atom is 0.276 e. The van der Waals surface area contributed by atoms with E-state index in [9.17, 15) is 0 Å². The summed E-state index contributed by atoms with van der Waals surface area (Å²) in [6, 6.07) is 7.97. The van der Waals surface area contributed by atoms with Crippen molar-refractivity contribution in [2.45, 2.75) is 5.22 Å². The van der Waals surface area contributed by atoms with Crippen LogP contribution in [0.15, 0.2) is 40.1 Å². The van der Waals surface area contributed by atoms with Gasteiger partial charge in [0.1, 0.15) is 0 Å². The molecular weight excluding hydrogens is 290 g/mol. The highest BCUT2D eigenvalue weighted by atomic mass is 32.2. The predicted octanol–water partition coefficient (Wildman–Crippen LogP) is 2.32. The first-order chi connectivity index (χ1) is 10.4. The van der Waals surface area contributed by atoms with Gasteiger partial charge < -0.3 is 19.2 Å². The number of hydrogen-bond donors (Lipinski definition) is 2. The normalized spacial score (nSPS) is 11.3. The van der Waals surface area contributed by atoms with Crippen molar-refractivity contribution in [3.63, 3.8) is 0 Å². The lowest BCUT2D eigenvalue weighted by atomic mass is 10.2. The maximum atomic E-state index is 8.60. The minimum absolute atomic E-state index is 0.0376. The van der Waals surface area contributed by atoms with Crippen LogP contribution in [0, 0.1) is 0 Å². The van der Waals surface area contributed by atoms with Gasteiger partial charge in [-0.2, -0.15) is 0 Å². The van der Waals surface area contributed by atoms with Crippen molar-refractivity contribution in [3.05, 3.63) is 30.5 Å². The molecule has 0 bridgehead atoms.